The van der Waals surface area contributed by atoms with E-state index in [1.54, 1.807) is 0 Å². The number of Topliss-reactive ketones (excluding diaryl/α,β-unsaturated/α-hetero) is 1. The molecular formula is C20H24N4OS. The van der Waals surface area contributed by atoms with Gasteiger partial charge >= 0.3 is 0 Å². The highest BCUT2D eigenvalue weighted by atomic mass is 32.1. The Morgan fingerprint density at radius 3 is 2.62 bits per heavy atom. The second kappa shape index (κ2) is 7.29. The molecule has 0 bridgehead atoms. The smallest absolute Gasteiger partial charge is 0.166 e. The number of allylic oxidation sites excluding steroid dienone is 1. The van der Waals surface area contributed by atoms with E-state index in [4.69, 9.17) is 4.98 Å². The summed E-state index contributed by atoms with van der Waals surface area (Å²) >= 11 is 1.54. The van der Waals surface area contributed by atoms with Crippen LogP contribution in [-0.4, -0.2) is 53.4 Å². The number of thiazole rings is 1. The third-order valence-corrected chi connectivity index (χ3v) is 6.17. The Hall–Kier alpha value is -2.05. The van der Waals surface area contributed by atoms with Gasteiger partial charge in [-0.1, -0.05) is 6.92 Å². The summed E-state index contributed by atoms with van der Waals surface area (Å²) in [5, 5.41) is 2.81. The molecule has 5 nitrogen and oxygen atoms in total. The van der Waals surface area contributed by atoms with Crippen molar-refractivity contribution in [3.05, 3.63) is 39.5 Å². The molecule has 0 saturated carbocycles. The van der Waals surface area contributed by atoms with Crippen molar-refractivity contribution in [3.8, 4) is 0 Å². The molecule has 136 valence electrons. The van der Waals surface area contributed by atoms with Crippen LogP contribution in [-0.2, 0) is 11.2 Å². The molecule has 0 unspecified atom stereocenters. The van der Waals surface area contributed by atoms with E-state index >= 15 is 0 Å². The first-order chi connectivity index (χ1) is 12.6. The Balaban J connectivity index is 1.61. The second-order valence-corrected chi connectivity index (χ2v) is 7.76. The number of aryl methyl sites for hydroxylation is 2. The molecule has 0 spiro atoms. The van der Waals surface area contributed by atoms with E-state index in [-0.39, 0.29) is 5.78 Å². The van der Waals surface area contributed by atoms with E-state index < -0.39 is 0 Å². The summed E-state index contributed by atoms with van der Waals surface area (Å²) in [5.41, 5.74) is 3.77. The first kappa shape index (κ1) is 17.4. The minimum atomic E-state index is 0.162. The molecule has 4 rings (SSSR count). The fourth-order valence-corrected chi connectivity index (χ4v) is 4.39. The van der Waals surface area contributed by atoms with Crippen molar-refractivity contribution in [1.29, 1.82) is 0 Å². The highest BCUT2D eigenvalue weighted by Crippen LogP contribution is 2.29. The van der Waals surface area contributed by atoms with Crippen molar-refractivity contribution in [1.82, 2.24) is 14.9 Å². The molecule has 0 amide bonds. The number of anilines is 1. The fraction of sp³-hybridized carbons (Fsp3) is 0.450. The number of carbonyl (C=O) groups is 1. The van der Waals surface area contributed by atoms with E-state index in [1.807, 2.05) is 18.4 Å². The van der Waals surface area contributed by atoms with Gasteiger partial charge in [0.15, 0.2) is 5.78 Å². The van der Waals surface area contributed by atoms with Gasteiger partial charge in [0.05, 0.1) is 11.3 Å². The Kier molecular flexibility index (Phi) is 4.87. The maximum atomic E-state index is 12.6. The number of fused-ring (bicyclic) bond motifs is 1. The zero-order chi connectivity index (χ0) is 18.1. The van der Waals surface area contributed by atoms with Crippen molar-refractivity contribution < 1.29 is 4.79 Å². The zero-order valence-corrected chi connectivity index (χ0v) is 16.2. The molecule has 0 aromatic carbocycles. The minimum Gasteiger partial charge on any atom is -0.354 e. The number of hydrogen-bond donors (Lipinski definition) is 0. The number of pyridine rings is 1. The van der Waals surface area contributed by atoms with Crippen LogP contribution in [0.2, 0.25) is 0 Å². The average Bonchev–Trinajstić information content (AvgIpc) is 3.03. The zero-order valence-electron chi connectivity index (χ0n) is 15.4. The molecule has 26 heavy (non-hydrogen) atoms. The number of hydrogen-bond acceptors (Lipinski definition) is 6. The summed E-state index contributed by atoms with van der Waals surface area (Å²) in [5.74, 6) is 1.20. The van der Waals surface area contributed by atoms with Gasteiger partial charge in [-0.2, -0.15) is 0 Å². The highest BCUT2D eigenvalue weighted by molar-refractivity contribution is 7.11. The van der Waals surface area contributed by atoms with Gasteiger partial charge in [-0.05, 0) is 43.7 Å². The quantitative estimate of drug-likeness (QED) is 0.833. The van der Waals surface area contributed by atoms with Crippen LogP contribution >= 0.6 is 11.3 Å². The Morgan fingerprint density at radius 1 is 1.12 bits per heavy atom. The third kappa shape index (κ3) is 3.44. The van der Waals surface area contributed by atoms with Gasteiger partial charge in [-0.15, -0.1) is 11.3 Å². The number of carbonyl (C=O) groups excluding carboxylic acids is 1. The van der Waals surface area contributed by atoms with Gasteiger partial charge in [0, 0.05) is 43.7 Å². The normalized spacial score (nSPS) is 18.5. The first-order valence-corrected chi connectivity index (χ1v) is 10.2. The Morgan fingerprint density at radius 2 is 1.92 bits per heavy atom. The summed E-state index contributed by atoms with van der Waals surface area (Å²) in [6.07, 6.45) is 3.17. The van der Waals surface area contributed by atoms with E-state index in [1.165, 1.54) is 11.3 Å². The Labute approximate surface area is 158 Å². The standard InChI is InChI=1S/C20H24N4OS/c1-3-23-8-10-24(11-9-23)19-7-4-15-12-16(20-21-14(2)13-26-20)18(25)6-5-17(15)22-19/h4,7,12-13H,3,5-6,8-11H2,1-2H3. The lowest BCUT2D eigenvalue weighted by Gasteiger charge is -2.35. The molecule has 1 aliphatic heterocycles. The second-order valence-electron chi connectivity index (χ2n) is 6.90. The number of rotatable bonds is 3. The largest absolute Gasteiger partial charge is 0.354 e. The van der Waals surface area contributed by atoms with Crippen molar-refractivity contribution in [3.63, 3.8) is 0 Å². The maximum absolute atomic E-state index is 12.6. The molecule has 0 radical (unpaired) electrons. The topological polar surface area (TPSA) is 49.3 Å². The summed E-state index contributed by atoms with van der Waals surface area (Å²) in [7, 11) is 0. The molecule has 0 atom stereocenters. The van der Waals surface area contributed by atoms with E-state index in [0.717, 1.165) is 66.1 Å². The van der Waals surface area contributed by atoms with Crippen LogP contribution in [0, 0.1) is 6.92 Å². The lowest BCUT2D eigenvalue weighted by atomic mass is 10.1. The number of ketones is 1. The van der Waals surface area contributed by atoms with Gasteiger partial charge < -0.3 is 9.80 Å². The predicted octanol–water partition coefficient (Wildman–Crippen LogP) is 3.04. The van der Waals surface area contributed by atoms with Gasteiger partial charge in [0.25, 0.3) is 0 Å². The summed E-state index contributed by atoms with van der Waals surface area (Å²) in [4.78, 5) is 26.8. The van der Waals surface area contributed by atoms with Gasteiger partial charge in [-0.3, -0.25) is 4.79 Å². The maximum Gasteiger partial charge on any atom is 0.166 e. The van der Waals surface area contributed by atoms with Crippen LogP contribution in [0.4, 0.5) is 5.82 Å². The van der Waals surface area contributed by atoms with Crippen LogP contribution in [0.25, 0.3) is 11.6 Å². The average molecular weight is 369 g/mol. The first-order valence-electron chi connectivity index (χ1n) is 9.28. The molecule has 1 saturated heterocycles. The molecule has 0 N–H and O–H groups in total. The van der Waals surface area contributed by atoms with Gasteiger partial charge in [-0.25, -0.2) is 9.97 Å². The number of piperazine rings is 1. The Bertz CT molecular complexity index is 849. The van der Waals surface area contributed by atoms with Crippen LogP contribution in [0.5, 0.6) is 0 Å². The molecule has 1 aliphatic carbocycles. The summed E-state index contributed by atoms with van der Waals surface area (Å²) in [6, 6.07) is 4.21. The van der Waals surface area contributed by atoms with Crippen molar-refractivity contribution in [2.24, 2.45) is 0 Å². The van der Waals surface area contributed by atoms with Gasteiger partial charge in [0.2, 0.25) is 0 Å². The SMILES string of the molecule is CCN1CCN(c2ccc3c(n2)CCC(=O)C(c2nc(C)cs2)=C3)CC1. The van der Waals surface area contributed by atoms with Crippen LogP contribution in [0.15, 0.2) is 17.5 Å². The molecule has 1 fully saturated rings. The highest BCUT2D eigenvalue weighted by Gasteiger charge is 2.22. The van der Waals surface area contributed by atoms with Crippen molar-refractivity contribution in [2.75, 3.05) is 37.6 Å². The van der Waals surface area contributed by atoms with Gasteiger partial charge in [0.1, 0.15) is 10.8 Å². The number of aromatic nitrogens is 2. The summed E-state index contributed by atoms with van der Waals surface area (Å²) in [6.45, 7) is 9.47. The fourth-order valence-electron chi connectivity index (χ4n) is 3.56. The summed E-state index contributed by atoms with van der Waals surface area (Å²) < 4.78 is 0. The molecule has 2 aliphatic rings. The lowest BCUT2D eigenvalue weighted by Crippen LogP contribution is -2.46. The molecule has 2 aromatic rings. The molecule has 3 heterocycles. The van der Waals surface area contributed by atoms with Crippen LogP contribution in [0.3, 0.4) is 0 Å². The third-order valence-electron chi connectivity index (χ3n) is 5.18. The van der Waals surface area contributed by atoms with E-state index in [0.29, 0.717) is 12.8 Å². The lowest BCUT2D eigenvalue weighted by molar-refractivity contribution is -0.113. The van der Waals surface area contributed by atoms with Crippen molar-refractivity contribution in [2.45, 2.75) is 26.7 Å². The van der Waals surface area contributed by atoms with E-state index in [2.05, 4.69) is 33.8 Å². The number of nitrogens with zero attached hydrogens (tertiary/aromatic N) is 4. The minimum absolute atomic E-state index is 0.162. The molecule has 2 aromatic heterocycles. The van der Waals surface area contributed by atoms with Crippen molar-refractivity contribution >= 4 is 34.6 Å². The van der Waals surface area contributed by atoms with Crippen LogP contribution < -0.4 is 4.90 Å². The molecule has 6 heteroatoms. The molecular weight excluding hydrogens is 344 g/mol. The predicted molar refractivity (Wildman–Crippen MR) is 107 cm³/mol. The number of likely N-dealkylation sites (N-methyl/N-ethyl adjacent to an activating group) is 1. The monoisotopic (exact) mass is 368 g/mol. The van der Waals surface area contributed by atoms with E-state index in [9.17, 15) is 4.79 Å². The van der Waals surface area contributed by atoms with Crippen LogP contribution in [0.1, 0.15) is 35.3 Å².